The Morgan fingerprint density at radius 2 is 2.20 bits per heavy atom. The lowest BCUT2D eigenvalue weighted by Gasteiger charge is -2.07. The van der Waals surface area contributed by atoms with Crippen LogP contribution in [0.15, 0.2) is 24.3 Å². The van der Waals surface area contributed by atoms with Crippen LogP contribution in [0.5, 0.6) is 5.75 Å². The van der Waals surface area contributed by atoms with Gasteiger partial charge in [0.05, 0.1) is 0 Å². The molecule has 0 aromatic heterocycles. The third-order valence-electron chi connectivity index (χ3n) is 1.92. The summed E-state index contributed by atoms with van der Waals surface area (Å²) >= 11 is 0. The van der Waals surface area contributed by atoms with Gasteiger partial charge in [-0.25, -0.2) is 4.79 Å². The number of nitrogens with one attached hydrogen (secondary N) is 1. The van der Waals surface area contributed by atoms with Crippen molar-refractivity contribution in [1.82, 2.24) is 5.32 Å². The summed E-state index contributed by atoms with van der Waals surface area (Å²) in [5.74, 6) is 0.568. The number of amides is 1. The SMILES string of the molecule is C/C=C/c1cc(C)ccc1OC(=O)NC. The Hall–Kier alpha value is -1.77. The van der Waals surface area contributed by atoms with E-state index in [1.807, 2.05) is 38.1 Å². The van der Waals surface area contributed by atoms with Crippen molar-refractivity contribution >= 4 is 12.2 Å². The van der Waals surface area contributed by atoms with E-state index in [0.29, 0.717) is 5.75 Å². The van der Waals surface area contributed by atoms with Gasteiger partial charge in [-0.15, -0.1) is 0 Å². The van der Waals surface area contributed by atoms with E-state index in [1.165, 1.54) is 7.05 Å². The lowest BCUT2D eigenvalue weighted by Crippen LogP contribution is -2.22. The van der Waals surface area contributed by atoms with Crippen molar-refractivity contribution in [3.05, 3.63) is 35.4 Å². The molecule has 0 aliphatic carbocycles. The van der Waals surface area contributed by atoms with E-state index in [9.17, 15) is 4.79 Å². The van der Waals surface area contributed by atoms with Crippen LogP contribution in [0, 0.1) is 6.92 Å². The highest BCUT2D eigenvalue weighted by Gasteiger charge is 2.05. The molecule has 0 atom stereocenters. The first-order chi connectivity index (χ1) is 7.17. The lowest BCUT2D eigenvalue weighted by molar-refractivity contribution is 0.203. The molecule has 3 heteroatoms. The highest BCUT2D eigenvalue weighted by molar-refractivity contribution is 5.72. The van der Waals surface area contributed by atoms with Crippen molar-refractivity contribution in [1.29, 1.82) is 0 Å². The lowest BCUT2D eigenvalue weighted by atomic mass is 10.1. The molecule has 1 aromatic carbocycles. The second-order valence-electron chi connectivity index (χ2n) is 3.18. The van der Waals surface area contributed by atoms with Crippen molar-refractivity contribution in [2.45, 2.75) is 13.8 Å². The van der Waals surface area contributed by atoms with Gasteiger partial charge in [0.15, 0.2) is 0 Å². The first kappa shape index (κ1) is 11.3. The maximum atomic E-state index is 11.1. The van der Waals surface area contributed by atoms with Crippen molar-refractivity contribution in [3.63, 3.8) is 0 Å². The quantitative estimate of drug-likeness (QED) is 0.806. The molecular formula is C12H15NO2. The molecular weight excluding hydrogens is 190 g/mol. The Balaban J connectivity index is 3.00. The van der Waals surface area contributed by atoms with Gasteiger partial charge in [-0.05, 0) is 26.0 Å². The molecule has 0 heterocycles. The van der Waals surface area contributed by atoms with Crippen LogP contribution in [0.25, 0.3) is 6.08 Å². The number of allylic oxidation sites excluding steroid dienone is 1. The van der Waals surface area contributed by atoms with Crippen LogP contribution in [-0.2, 0) is 0 Å². The van der Waals surface area contributed by atoms with Gasteiger partial charge in [0.25, 0.3) is 0 Å². The van der Waals surface area contributed by atoms with E-state index in [2.05, 4.69) is 5.32 Å². The molecule has 1 aromatic rings. The molecule has 0 saturated carbocycles. The summed E-state index contributed by atoms with van der Waals surface area (Å²) in [5.41, 5.74) is 2.04. The summed E-state index contributed by atoms with van der Waals surface area (Å²) < 4.78 is 5.10. The number of rotatable bonds is 2. The molecule has 0 bridgehead atoms. The van der Waals surface area contributed by atoms with E-state index in [4.69, 9.17) is 4.74 Å². The van der Waals surface area contributed by atoms with Gasteiger partial charge in [-0.2, -0.15) is 0 Å². The molecule has 0 radical (unpaired) electrons. The van der Waals surface area contributed by atoms with Crippen LogP contribution in [0.4, 0.5) is 4.79 Å². The highest BCUT2D eigenvalue weighted by atomic mass is 16.6. The Kier molecular flexibility index (Phi) is 3.92. The Labute approximate surface area is 89.8 Å². The standard InChI is InChI=1S/C12H15NO2/c1-4-5-10-8-9(2)6-7-11(10)15-12(14)13-3/h4-8H,1-3H3,(H,13,14)/b5-4+. The molecule has 0 aliphatic rings. The number of benzene rings is 1. The maximum absolute atomic E-state index is 11.1. The predicted octanol–water partition coefficient (Wildman–Crippen LogP) is 2.75. The zero-order valence-corrected chi connectivity index (χ0v) is 9.20. The average Bonchev–Trinajstić information content (AvgIpc) is 2.22. The van der Waals surface area contributed by atoms with E-state index in [1.54, 1.807) is 6.07 Å². The van der Waals surface area contributed by atoms with Gasteiger partial charge in [0, 0.05) is 12.6 Å². The fourth-order valence-corrected chi connectivity index (χ4v) is 1.22. The van der Waals surface area contributed by atoms with Crippen molar-refractivity contribution in [2.75, 3.05) is 7.05 Å². The van der Waals surface area contributed by atoms with Gasteiger partial charge in [0.1, 0.15) is 5.75 Å². The fraction of sp³-hybridized carbons (Fsp3) is 0.250. The molecule has 1 rings (SSSR count). The van der Waals surface area contributed by atoms with E-state index in [0.717, 1.165) is 11.1 Å². The van der Waals surface area contributed by atoms with Crippen LogP contribution in [0.3, 0.4) is 0 Å². The first-order valence-electron chi connectivity index (χ1n) is 4.80. The van der Waals surface area contributed by atoms with Crippen molar-refractivity contribution in [3.8, 4) is 5.75 Å². The molecule has 80 valence electrons. The molecule has 0 aliphatic heterocycles. The zero-order chi connectivity index (χ0) is 11.3. The molecule has 15 heavy (non-hydrogen) atoms. The van der Waals surface area contributed by atoms with Crippen molar-refractivity contribution < 1.29 is 9.53 Å². The number of ether oxygens (including phenoxy) is 1. The Morgan fingerprint density at radius 1 is 1.47 bits per heavy atom. The monoisotopic (exact) mass is 205 g/mol. The smallest absolute Gasteiger partial charge is 0.410 e. The van der Waals surface area contributed by atoms with Crippen molar-refractivity contribution in [2.24, 2.45) is 0 Å². The van der Waals surface area contributed by atoms with Gasteiger partial charge in [-0.3, -0.25) is 0 Å². The van der Waals surface area contributed by atoms with Gasteiger partial charge < -0.3 is 10.1 Å². The molecule has 0 spiro atoms. The predicted molar refractivity (Wildman–Crippen MR) is 61.0 cm³/mol. The minimum atomic E-state index is -0.454. The molecule has 0 saturated heterocycles. The summed E-state index contributed by atoms with van der Waals surface area (Å²) in [6.45, 7) is 3.92. The third kappa shape index (κ3) is 3.13. The largest absolute Gasteiger partial charge is 0.412 e. The van der Waals surface area contributed by atoms with E-state index in [-0.39, 0.29) is 0 Å². The Bertz CT molecular complexity index is 383. The van der Waals surface area contributed by atoms with Gasteiger partial charge in [-0.1, -0.05) is 23.8 Å². The van der Waals surface area contributed by atoms with Crippen LogP contribution in [0.2, 0.25) is 0 Å². The third-order valence-corrected chi connectivity index (χ3v) is 1.92. The number of hydrogen-bond donors (Lipinski definition) is 1. The summed E-state index contributed by atoms with van der Waals surface area (Å²) in [7, 11) is 1.53. The topological polar surface area (TPSA) is 38.3 Å². The van der Waals surface area contributed by atoms with Gasteiger partial charge >= 0.3 is 6.09 Å². The average molecular weight is 205 g/mol. The second kappa shape index (κ2) is 5.20. The number of carbonyl (C=O) groups is 1. The zero-order valence-electron chi connectivity index (χ0n) is 9.20. The van der Waals surface area contributed by atoms with Crippen LogP contribution in [-0.4, -0.2) is 13.1 Å². The fourth-order valence-electron chi connectivity index (χ4n) is 1.22. The summed E-state index contributed by atoms with van der Waals surface area (Å²) in [5, 5.41) is 2.41. The minimum absolute atomic E-state index is 0.454. The normalized spacial score (nSPS) is 10.3. The molecule has 0 fully saturated rings. The van der Waals surface area contributed by atoms with Gasteiger partial charge in [0.2, 0.25) is 0 Å². The summed E-state index contributed by atoms with van der Waals surface area (Å²) in [6.07, 6.45) is 3.36. The maximum Gasteiger partial charge on any atom is 0.412 e. The van der Waals surface area contributed by atoms with E-state index < -0.39 is 6.09 Å². The first-order valence-corrected chi connectivity index (χ1v) is 4.80. The van der Waals surface area contributed by atoms with E-state index >= 15 is 0 Å². The number of aryl methyl sites for hydroxylation is 1. The number of carbonyl (C=O) groups excluding carboxylic acids is 1. The minimum Gasteiger partial charge on any atom is -0.410 e. The molecule has 1 amide bonds. The van der Waals surface area contributed by atoms with Crippen LogP contribution in [0.1, 0.15) is 18.1 Å². The Morgan fingerprint density at radius 3 is 2.80 bits per heavy atom. The molecule has 1 N–H and O–H groups in total. The van der Waals surface area contributed by atoms with Crippen LogP contribution < -0.4 is 10.1 Å². The molecule has 3 nitrogen and oxygen atoms in total. The highest BCUT2D eigenvalue weighted by Crippen LogP contribution is 2.21. The van der Waals surface area contributed by atoms with Crippen LogP contribution >= 0.6 is 0 Å². The second-order valence-corrected chi connectivity index (χ2v) is 3.18. The molecule has 0 unspecified atom stereocenters. The number of hydrogen-bond acceptors (Lipinski definition) is 2. The summed E-state index contributed by atoms with van der Waals surface area (Å²) in [4.78, 5) is 11.1. The summed E-state index contributed by atoms with van der Waals surface area (Å²) in [6, 6.07) is 5.67.